The van der Waals surface area contributed by atoms with Crippen LogP contribution in [0.1, 0.15) is 32.6 Å². The maximum atomic E-state index is 11.0. The number of hydrogen-bond donors (Lipinski definition) is 2. The van der Waals surface area contributed by atoms with Crippen molar-refractivity contribution in [3.8, 4) is 0 Å². The van der Waals surface area contributed by atoms with E-state index in [2.05, 4.69) is 17.1 Å². The molecule has 0 saturated heterocycles. The third kappa shape index (κ3) is 5.14. The first-order valence-electron chi connectivity index (χ1n) is 5.81. The molecule has 1 unspecified atom stereocenters. The van der Waals surface area contributed by atoms with E-state index in [4.69, 9.17) is 5.11 Å². The average molecular weight is 214 g/mol. The van der Waals surface area contributed by atoms with E-state index in [1.54, 1.807) is 0 Å². The summed E-state index contributed by atoms with van der Waals surface area (Å²) in [5.74, 6) is -0.731. The summed E-state index contributed by atoms with van der Waals surface area (Å²) in [6, 6.07) is 0.0463. The molecule has 0 aromatic carbocycles. The lowest BCUT2D eigenvalue weighted by molar-refractivity contribution is -0.140. The molecular formula is C11H22N2O2. The maximum absolute atomic E-state index is 11.0. The predicted molar refractivity (Wildman–Crippen MR) is 60.0 cm³/mol. The van der Waals surface area contributed by atoms with Gasteiger partial charge in [-0.3, -0.25) is 4.79 Å². The zero-order chi connectivity index (χ0) is 11.3. The first-order chi connectivity index (χ1) is 7.13. The Bertz CT molecular complexity index is 205. The summed E-state index contributed by atoms with van der Waals surface area (Å²) < 4.78 is 0. The minimum absolute atomic E-state index is 0.403. The summed E-state index contributed by atoms with van der Waals surface area (Å²) in [6.45, 7) is 3.73. The van der Waals surface area contributed by atoms with E-state index in [1.807, 2.05) is 7.05 Å². The molecule has 0 aromatic rings. The molecule has 88 valence electrons. The van der Waals surface area contributed by atoms with E-state index in [9.17, 15) is 4.79 Å². The van der Waals surface area contributed by atoms with Crippen molar-refractivity contribution in [3.05, 3.63) is 0 Å². The highest BCUT2D eigenvalue weighted by Crippen LogP contribution is 2.19. The van der Waals surface area contributed by atoms with Crippen molar-refractivity contribution in [2.45, 2.75) is 44.7 Å². The second kappa shape index (κ2) is 6.08. The van der Waals surface area contributed by atoms with Crippen LogP contribution in [0.15, 0.2) is 0 Å². The smallest absolute Gasteiger partial charge is 0.322 e. The Labute approximate surface area is 91.6 Å². The van der Waals surface area contributed by atoms with Crippen LogP contribution in [0.25, 0.3) is 0 Å². The van der Waals surface area contributed by atoms with Crippen LogP contribution in [0.4, 0.5) is 0 Å². The van der Waals surface area contributed by atoms with Gasteiger partial charge in [0, 0.05) is 12.6 Å². The van der Waals surface area contributed by atoms with E-state index >= 15 is 0 Å². The highest BCUT2D eigenvalue weighted by atomic mass is 16.4. The molecule has 0 bridgehead atoms. The van der Waals surface area contributed by atoms with Crippen LogP contribution in [0.2, 0.25) is 0 Å². The number of carbonyl (C=O) groups is 1. The zero-order valence-electron chi connectivity index (χ0n) is 9.70. The van der Waals surface area contributed by atoms with Gasteiger partial charge in [0.25, 0.3) is 0 Å². The van der Waals surface area contributed by atoms with E-state index in [-0.39, 0.29) is 0 Å². The van der Waals surface area contributed by atoms with E-state index < -0.39 is 12.0 Å². The van der Waals surface area contributed by atoms with Gasteiger partial charge >= 0.3 is 5.97 Å². The Kier molecular flexibility index (Phi) is 5.05. The molecule has 0 spiro atoms. The molecule has 1 aliphatic carbocycles. The molecule has 0 aromatic heterocycles. The maximum Gasteiger partial charge on any atom is 0.322 e. The Morgan fingerprint density at radius 2 is 2.27 bits per heavy atom. The molecule has 4 nitrogen and oxygen atoms in total. The summed E-state index contributed by atoms with van der Waals surface area (Å²) in [6.07, 6.45) is 4.54. The third-order valence-electron chi connectivity index (χ3n) is 2.70. The number of rotatable bonds is 8. The van der Waals surface area contributed by atoms with E-state index in [1.165, 1.54) is 0 Å². The summed E-state index contributed by atoms with van der Waals surface area (Å²) in [5.41, 5.74) is 0. The van der Waals surface area contributed by atoms with Gasteiger partial charge < -0.3 is 15.3 Å². The number of carboxylic acid groups (broad SMARTS) is 1. The lowest BCUT2D eigenvalue weighted by Crippen LogP contribution is -2.46. The molecule has 0 heterocycles. The molecule has 1 rings (SSSR count). The van der Waals surface area contributed by atoms with Crippen molar-refractivity contribution in [2.24, 2.45) is 0 Å². The Balaban J connectivity index is 2.25. The van der Waals surface area contributed by atoms with E-state index in [0.717, 1.165) is 32.2 Å². The van der Waals surface area contributed by atoms with Crippen LogP contribution >= 0.6 is 0 Å². The second-order valence-corrected chi connectivity index (χ2v) is 4.45. The van der Waals surface area contributed by atoms with Gasteiger partial charge in [-0.15, -0.1) is 0 Å². The highest BCUT2D eigenvalue weighted by molar-refractivity contribution is 5.73. The van der Waals surface area contributed by atoms with Crippen LogP contribution in [0.3, 0.4) is 0 Å². The van der Waals surface area contributed by atoms with Crippen molar-refractivity contribution in [2.75, 3.05) is 20.1 Å². The molecule has 1 aliphatic rings. The summed E-state index contributed by atoms with van der Waals surface area (Å²) in [7, 11) is 1.99. The van der Waals surface area contributed by atoms with Gasteiger partial charge in [0.05, 0.1) is 0 Å². The molecule has 4 heteroatoms. The fourth-order valence-corrected chi connectivity index (χ4v) is 1.57. The number of unbranched alkanes of at least 4 members (excludes halogenated alkanes) is 1. The van der Waals surface area contributed by atoms with Gasteiger partial charge in [0.1, 0.15) is 6.04 Å². The first-order valence-corrected chi connectivity index (χ1v) is 5.81. The van der Waals surface area contributed by atoms with Crippen LogP contribution in [-0.2, 0) is 4.79 Å². The van der Waals surface area contributed by atoms with E-state index in [0.29, 0.717) is 12.6 Å². The van der Waals surface area contributed by atoms with Crippen molar-refractivity contribution < 1.29 is 9.90 Å². The number of nitrogens with zero attached hydrogens (tertiary/aromatic N) is 1. The third-order valence-corrected chi connectivity index (χ3v) is 2.70. The average Bonchev–Trinajstić information content (AvgIpc) is 2.97. The van der Waals surface area contributed by atoms with Gasteiger partial charge in [-0.05, 0) is 32.9 Å². The number of aliphatic carboxylic acids is 1. The molecule has 2 N–H and O–H groups in total. The van der Waals surface area contributed by atoms with Gasteiger partial charge in [-0.1, -0.05) is 13.3 Å². The summed E-state index contributed by atoms with van der Waals surface area (Å²) in [4.78, 5) is 13.1. The standard InChI is InChI=1S/C11H22N2O2/c1-3-4-7-13(2)8-10(11(14)15)12-9-5-6-9/h9-10,12H,3-8H2,1-2H3,(H,14,15). The fourth-order valence-electron chi connectivity index (χ4n) is 1.57. The van der Waals surface area contributed by atoms with Crippen molar-refractivity contribution >= 4 is 5.97 Å². The van der Waals surface area contributed by atoms with Gasteiger partial charge in [-0.2, -0.15) is 0 Å². The summed E-state index contributed by atoms with van der Waals surface area (Å²) in [5, 5.41) is 12.2. The highest BCUT2D eigenvalue weighted by Gasteiger charge is 2.28. The minimum Gasteiger partial charge on any atom is -0.480 e. The van der Waals surface area contributed by atoms with Gasteiger partial charge in [0.15, 0.2) is 0 Å². The molecule has 0 aliphatic heterocycles. The molecule has 1 fully saturated rings. The van der Waals surface area contributed by atoms with Crippen molar-refractivity contribution in [1.29, 1.82) is 0 Å². The molecule has 15 heavy (non-hydrogen) atoms. The lowest BCUT2D eigenvalue weighted by Gasteiger charge is -2.21. The topological polar surface area (TPSA) is 52.6 Å². The number of hydrogen-bond acceptors (Lipinski definition) is 3. The molecular weight excluding hydrogens is 192 g/mol. The second-order valence-electron chi connectivity index (χ2n) is 4.45. The monoisotopic (exact) mass is 214 g/mol. The quantitative estimate of drug-likeness (QED) is 0.631. The Morgan fingerprint density at radius 3 is 2.73 bits per heavy atom. The minimum atomic E-state index is -0.731. The zero-order valence-corrected chi connectivity index (χ0v) is 9.70. The normalized spacial score (nSPS) is 18.1. The first kappa shape index (κ1) is 12.5. The van der Waals surface area contributed by atoms with Crippen LogP contribution < -0.4 is 5.32 Å². The number of nitrogens with one attached hydrogen (secondary N) is 1. The van der Waals surface area contributed by atoms with Crippen LogP contribution in [0, 0.1) is 0 Å². The van der Waals surface area contributed by atoms with Gasteiger partial charge in [0.2, 0.25) is 0 Å². The molecule has 0 amide bonds. The molecule has 1 saturated carbocycles. The Morgan fingerprint density at radius 1 is 1.60 bits per heavy atom. The van der Waals surface area contributed by atoms with Crippen LogP contribution in [-0.4, -0.2) is 48.2 Å². The lowest BCUT2D eigenvalue weighted by atomic mass is 10.2. The largest absolute Gasteiger partial charge is 0.480 e. The SMILES string of the molecule is CCCCN(C)CC(NC1CC1)C(=O)O. The molecule has 1 atom stereocenters. The predicted octanol–water partition coefficient (Wildman–Crippen LogP) is 0.923. The number of likely N-dealkylation sites (N-methyl/N-ethyl adjacent to an activating group) is 1. The van der Waals surface area contributed by atoms with Crippen molar-refractivity contribution in [3.63, 3.8) is 0 Å². The summed E-state index contributed by atoms with van der Waals surface area (Å²) >= 11 is 0. The fraction of sp³-hybridized carbons (Fsp3) is 0.909. The van der Waals surface area contributed by atoms with Gasteiger partial charge in [-0.25, -0.2) is 0 Å². The van der Waals surface area contributed by atoms with Crippen LogP contribution in [0.5, 0.6) is 0 Å². The Hall–Kier alpha value is -0.610. The molecule has 0 radical (unpaired) electrons. The number of carboxylic acids is 1. The van der Waals surface area contributed by atoms with Crippen molar-refractivity contribution in [1.82, 2.24) is 10.2 Å².